The predicted octanol–water partition coefficient (Wildman–Crippen LogP) is 37.3. The molecule has 0 aliphatic rings. The molecular weight excluding hydrogens is 1740 g/mol. The summed E-state index contributed by atoms with van der Waals surface area (Å²) in [5.74, 6) is 0. The monoisotopic (exact) mass is 1790 g/mol. The van der Waals surface area contributed by atoms with Crippen LogP contribution in [0.25, 0.3) is 245 Å². The second-order valence-corrected chi connectivity index (χ2v) is 48.6. The van der Waals surface area contributed by atoms with Gasteiger partial charge in [-0.25, -0.2) is 0 Å². The highest BCUT2D eigenvalue weighted by molar-refractivity contribution is 7.46. The summed E-state index contributed by atoms with van der Waals surface area (Å²) in [7, 11) is 0. The van der Waals surface area contributed by atoms with Crippen LogP contribution >= 0.6 is 181 Å². The van der Waals surface area contributed by atoms with Gasteiger partial charge in [0.2, 0.25) is 0 Å². The first-order valence-electron chi connectivity index (χ1n) is 38.6. The van der Waals surface area contributed by atoms with E-state index in [1.54, 1.807) is 0 Å². The van der Waals surface area contributed by atoms with Crippen LogP contribution in [-0.4, -0.2) is 13.7 Å². The third kappa shape index (κ3) is 9.75. The highest BCUT2D eigenvalue weighted by atomic mass is 32.2. The fraction of sp³-hybridized carbons (Fsp3) is 0.0928. The van der Waals surface area contributed by atoms with Crippen molar-refractivity contribution in [1.82, 2.24) is 13.7 Å². The molecule has 29 aromatic rings. The largest absolute Gasteiger partial charge is 0.450 e. The summed E-state index contributed by atoms with van der Waals surface area (Å²) in [4.78, 5) is 2.75. The SMILES string of the molecule is Cc1ccc(-n2c3c4ccc(C)cc4sc3c3sc4c5cc6sc7c8ccc(C)cc8sc7c6cc5sc4c32)cc1.Cc1ccc(-n2c3c4oc5c(sc6c7sc(C)cc7sc56)c4sc3c3sc4cc(C)sc4c32)cc1.Cc1ccc(-n2c3cc(C)ccc3c3sc4c5cc6sc7c(sc8c9ccc(C)cc9sc87)c6cc5sc4c32)cc1. The van der Waals surface area contributed by atoms with E-state index in [1.165, 1.54) is 283 Å². The second-order valence-electron chi connectivity index (χ2n) is 31.5. The highest BCUT2D eigenvalue weighted by Crippen LogP contribution is 2.60. The maximum absolute atomic E-state index is 6.81. The van der Waals surface area contributed by atoms with Gasteiger partial charge in [-0.2, -0.15) is 0 Å². The van der Waals surface area contributed by atoms with Crippen molar-refractivity contribution in [2.75, 3.05) is 0 Å². The third-order valence-corrected chi connectivity index (χ3v) is 43.9. The van der Waals surface area contributed by atoms with Crippen molar-refractivity contribution in [3.05, 3.63) is 231 Å². The molecule has 20 aromatic heterocycles. The van der Waals surface area contributed by atoms with Crippen LogP contribution in [0.1, 0.15) is 48.7 Å². The summed E-state index contributed by atoms with van der Waals surface area (Å²) in [5.41, 5.74) is 22.9. The minimum absolute atomic E-state index is 1.05. The summed E-state index contributed by atoms with van der Waals surface area (Å²) < 4.78 is 56.5. The van der Waals surface area contributed by atoms with Crippen molar-refractivity contribution in [3.8, 4) is 17.1 Å². The Balaban J connectivity index is 0.0000000940. The molecule has 9 aromatic carbocycles. The Labute approximate surface area is 729 Å². The Morgan fingerprint density at radius 1 is 0.179 bits per heavy atom. The molecule has 0 saturated heterocycles. The normalized spacial score (nSPS) is 12.8. The maximum Gasteiger partial charge on any atom is 0.171 e. The van der Waals surface area contributed by atoms with Gasteiger partial charge in [-0.1, -0.05) is 102 Å². The molecule has 0 bridgehead atoms. The van der Waals surface area contributed by atoms with Crippen LogP contribution < -0.4 is 0 Å². The fourth-order valence-corrected chi connectivity index (χ4v) is 40.2. The number of aromatic nitrogens is 3. The van der Waals surface area contributed by atoms with Crippen molar-refractivity contribution in [1.29, 1.82) is 0 Å². The van der Waals surface area contributed by atoms with E-state index in [1.807, 2.05) is 181 Å². The zero-order valence-electron chi connectivity index (χ0n) is 63.6. The Morgan fingerprint density at radius 3 is 1.06 bits per heavy atom. The van der Waals surface area contributed by atoms with Crippen LogP contribution in [0.2, 0.25) is 0 Å². The van der Waals surface area contributed by atoms with Gasteiger partial charge in [-0.05, 0) is 182 Å². The van der Waals surface area contributed by atoms with Crippen molar-refractivity contribution in [3.63, 3.8) is 0 Å². The fourth-order valence-electron chi connectivity index (χ4n) is 18.1. The molecule has 0 N–H and O–H groups in total. The number of nitrogens with zero attached hydrogens (tertiary/aromatic N) is 3. The lowest BCUT2D eigenvalue weighted by atomic mass is 10.1. The number of fused-ring (bicyclic) bond motifs is 41. The molecule has 0 fully saturated rings. The molecule has 0 aliphatic heterocycles. The van der Waals surface area contributed by atoms with Gasteiger partial charge in [0.25, 0.3) is 0 Å². The Bertz CT molecular complexity index is 9440. The minimum atomic E-state index is 1.05. The van der Waals surface area contributed by atoms with E-state index in [2.05, 4.69) is 258 Å². The first kappa shape index (κ1) is 69.1. The van der Waals surface area contributed by atoms with Crippen LogP contribution in [0.3, 0.4) is 0 Å². The highest BCUT2D eigenvalue weighted by Gasteiger charge is 2.31. The number of furan rings is 1. The van der Waals surface area contributed by atoms with Gasteiger partial charge in [-0.3, -0.25) is 0 Å². The summed E-state index contributed by atoms with van der Waals surface area (Å²) in [6, 6.07) is 69.3. The molecule has 117 heavy (non-hydrogen) atoms. The average molecular weight is 1790 g/mol. The molecule has 20 heteroatoms. The molecule has 20 heterocycles. The van der Waals surface area contributed by atoms with Crippen LogP contribution in [-0.2, 0) is 0 Å². The van der Waals surface area contributed by atoms with Gasteiger partial charge < -0.3 is 18.1 Å². The number of hydrogen-bond acceptors (Lipinski definition) is 17. The quantitative estimate of drug-likeness (QED) is 0.173. The standard InChI is InChI=1S/2C35H21NS5.C27H15NOS6/c1-16-4-8-19(9-5-16)36-24-12-17(2)6-10-20(24)29-28(36)33-31(40-29)22-14-27-23(15-26(22)37-33)32-35(39-27)34-30(41-32)21-11-7-18(3)13-25(21)38-34;1-16-4-8-19(9-5-16)36-28-20-10-6-17(2)12-24(20)39-33(28)35-29(36)34-32(41-35)23-15-26-22(14-27(23)40-34)31-30(38-26)21-11-7-18(3)13-25(21)37-31;1-10-4-6-13(7-5-10)28-16-18-24(34-22(16)23-17(28)20-14(32-23)8-11(2)30-20)25-19(29-18)26-27(35-25)21-15(33-26)9-12(3)31-21/h2*4-15H,1-3H3;4-9H,1-3H3. The predicted molar refractivity (Wildman–Crippen MR) is 541 cm³/mol. The first-order chi connectivity index (χ1) is 57.1. The Morgan fingerprint density at radius 2 is 0.487 bits per heavy atom. The lowest BCUT2D eigenvalue weighted by Gasteiger charge is -2.08. The summed E-state index contributed by atoms with van der Waals surface area (Å²) in [6.45, 7) is 19.7. The molecule has 29 rings (SSSR count). The molecule has 0 atom stereocenters. The number of aryl methyl sites for hydroxylation is 9. The molecule has 0 saturated carbocycles. The lowest BCUT2D eigenvalue weighted by Crippen LogP contribution is -1.93. The van der Waals surface area contributed by atoms with E-state index in [4.69, 9.17) is 4.42 Å². The van der Waals surface area contributed by atoms with E-state index in [0.717, 1.165) is 11.2 Å². The van der Waals surface area contributed by atoms with Crippen LogP contribution in [0.4, 0.5) is 0 Å². The van der Waals surface area contributed by atoms with Crippen molar-refractivity contribution in [2.24, 2.45) is 0 Å². The topological polar surface area (TPSA) is 27.9 Å². The average Bonchev–Trinajstić information content (AvgIpc) is 1.53. The molecule has 0 spiro atoms. The van der Waals surface area contributed by atoms with Crippen molar-refractivity contribution >= 4 is 410 Å². The molecular formula is C97H57N3OS16. The zero-order chi connectivity index (χ0) is 77.5. The van der Waals surface area contributed by atoms with Crippen LogP contribution in [0.5, 0.6) is 0 Å². The van der Waals surface area contributed by atoms with Crippen molar-refractivity contribution in [2.45, 2.75) is 62.3 Å². The van der Waals surface area contributed by atoms with Crippen LogP contribution in [0, 0.1) is 62.3 Å². The van der Waals surface area contributed by atoms with Gasteiger partial charge >= 0.3 is 0 Å². The summed E-state index contributed by atoms with van der Waals surface area (Å²) in [6.07, 6.45) is 0. The van der Waals surface area contributed by atoms with Gasteiger partial charge in [0, 0.05) is 112 Å². The van der Waals surface area contributed by atoms with E-state index in [9.17, 15) is 0 Å². The number of rotatable bonds is 3. The summed E-state index contributed by atoms with van der Waals surface area (Å²) in [5, 5.41) is 11.2. The molecule has 0 radical (unpaired) electrons. The molecule has 562 valence electrons. The Hall–Kier alpha value is -8.72. The number of benzene rings is 9. The third-order valence-electron chi connectivity index (χ3n) is 23.5. The molecule has 4 nitrogen and oxygen atoms in total. The van der Waals surface area contributed by atoms with Gasteiger partial charge in [0.15, 0.2) is 11.2 Å². The number of thiophene rings is 16. The van der Waals surface area contributed by atoms with E-state index >= 15 is 0 Å². The van der Waals surface area contributed by atoms with E-state index < -0.39 is 0 Å². The first-order valence-corrected chi connectivity index (χ1v) is 51.6. The van der Waals surface area contributed by atoms with Gasteiger partial charge in [-0.15, -0.1) is 181 Å². The zero-order valence-corrected chi connectivity index (χ0v) is 76.7. The summed E-state index contributed by atoms with van der Waals surface area (Å²) >= 11 is 31.2. The smallest absolute Gasteiger partial charge is 0.171 e. The lowest BCUT2D eigenvalue weighted by molar-refractivity contribution is 0.676. The second kappa shape index (κ2) is 24.7. The van der Waals surface area contributed by atoms with E-state index in [0.29, 0.717) is 0 Å². The van der Waals surface area contributed by atoms with Gasteiger partial charge in [0.1, 0.15) is 5.52 Å². The number of hydrogen-bond donors (Lipinski definition) is 0. The molecule has 0 amide bonds. The molecule has 0 unspecified atom stereocenters. The maximum atomic E-state index is 6.81. The molecule has 0 aliphatic carbocycles. The van der Waals surface area contributed by atoms with E-state index in [-0.39, 0.29) is 0 Å². The van der Waals surface area contributed by atoms with Gasteiger partial charge in [0.05, 0.1) is 126 Å². The van der Waals surface area contributed by atoms with Crippen molar-refractivity contribution < 1.29 is 4.42 Å². The Kier molecular flexibility index (Phi) is 14.6. The minimum Gasteiger partial charge on any atom is -0.450 e. The van der Waals surface area contributed by atoms with Crippen LogP contribution in [0.15, 0.2) is 186 Å².